The molecule has 0 spiro atoms. The Morgan fingerprint density at radius 1 is 0.971 bits per heavy atom. The highest BCUT2D eigenvalue weighted by atomic mass is 35.5. The van der Waals surface area contributed by atoms with Gasteiger partial charge in [0.05, 0.1) is 6.10 Å². The van der Waals surface area contributed by atoms with Crippen LogP contribution in [0.1, 0.15) is 34.9 Å². The van der Waals surface area contributed by atoms with Crippen LogP contribution in [0.5, 0.6) is 0 Å². The quantitative estimate of drug-likeness (QED) is 0.364. The zero-order valence-electron chi connectivity index (χ0n) is 20.1. The van der Waals surface area contributed by atoms with Gasteiger partial charge in [0.2, 0.25) is 5.91 Å². The molecular weight excluding hydrogens is 460 g/mol. The summed E-state index contributed by atoms with van der Waals surface area (Å²) in [5, 5.41) is 0.743. The Balaban J connectivity index is 1.58. The number of amides is 1. The molecule has 1 heterocycles. The van der Waals surface area contributed by atoms with Crippen molar-refractivity contribution in [3.05, 3.63) is 88.9 Å². The Bertz CT molecular complexity index is 1120. The molecule has 1 amide bonds. The summed E-state index contributed by atoms with van der Waals surface area (Å²) in [4.78, 5) is 13.8. The summed E-state index contributed by atoms with van der Waals surface area (Å²) in [5.41, 5.74) is 10.7. The van der Waals surface area contributed by atoms with E-state index in [-0.39, 0.29) is 6.10 Å². The number of anilines is 1. The predicted octanol–water partition coefficient (Wildman–Crippen LogP) is 6.92. The second kappa shape index (κ2) is 10.3. The minimum absolute atomic E-state index is 0.0536. The maximum atomic E-state index is 11.4. The van der Waals surface area contributed by atoms with Crippen LogP contribution in [0.3, 0.4) is 0 Å². The number of nitrogens with zero attached hydrogens (tertiary/aromatic N) is 1. The molecule has 1 fully saturated rings. The summed E-state index contributed by atoms with van der Waals surface area (Å²) >= 11 is 6.15. The number of rotatable bonds is 7. The highest BCUT2D eigenvalue weighted by Gasteiger charge is 2.33. The van der Waals surface area contributed by atoms with Gasteiger partial charge in [-0.25, -0.2) is 0 Å². The Kier molecular flexibility index (Phi) is 7.46. The zero-order valence-corrected chi connectivity index (χ0v) is 21.9. The average molecular weight is 493 g/mol. The summed E-state index contributed by atoms with van der Waals surface area (Å²) in [6.45, 7) is 8.70. The third-order valence-electron chi connectivity index (χ3n) is 6.39. The molecule has 0 aliphatic carbocycles. The second-order valence-electron chi connectivity index (χ2n) is 9.98. The van der Waals surface area contributed by atoms with E-state index in [4.69, 9.17) is 21.8 Å². The lowest BCUT2D eigenvalue weighted by Crippen LogP contribution is -2.39. The number of piperidine rings is 1. The van der Waals surface area contributed by atoms with E-state index >= 15 is 0 Å². The lowest BCUT2D eigenvalue weighted by molar-refractivity contribution is 0.1000. The van der Waals surface area contributed by atoms with E-state index in [1.54, 1.807) is 0 Å². The predicted molar refractivity (Wildman–Crippen MR) is 144 cm³/mol. The number of carbonyl (C=O) groups is 1. The SMILES string of the molecule is C[Si](C)(C)OC(c1ccccc1-c1ccc(Cl)cc1)C1CCN(c2ccc(C(N)=O)cc2)CC1. The van der Waals surface area contributed by atoms with Gasteiger partial charge in [0, 0.05) is 29.4 Å². The first-order valence-corrected chi connectivity index (χ1v) is 15.7. The van der Waals surface area contributed by atoms with E-state index in [2.05, 4.69) is 60.9 Å². The first kappa shape index (κ1) is 24.5. The Morgan fingerprint density at radius 3 is 2.18 bits per heavy atom. The van der Waals surface area contributed by atoms with Gasteiger partial charge < -0.3 is 15.1 Å². The maximum absolute atomic E-state index is 11.4. The van der Waals surface area contributed by atoms with Crippen molar-refractivity contribution in [1.82, 2.24) is 0 Å². The van der Waals surface area contributed by atoms with Crippen LogP contribution < -0.4 is 10.6 Å². The minimum atomic E-state index is -1.80. The molecule has 1 saturated heterocycles. The van der Waals surface area contributed by atoms with Crippen molar-refractivity contribution < 1.29 is 9.22 Å². The smallest absolute Gasteiger partial charge is 0.248 e. The Labute approximate surface area is 208 Å². The largest absolute Gasteiger partial charge is 0.410 e. The monoisotopic (exact) mass is 492 g/mol. The second-order valence-corrected chi connectivity index (χ2v) is 14.9. The molecule has 0 radical (unpaired) electrons. The van der Waals surface area contributed by atoms with Crippen LogP contribution in [0.4, 0.5) is 5.69 Å². The van der Waals surface area contributed by atoms with Crippen molar-refractivity contribution in [2.24, 2.45) is 11.7 Å². The van der Waals surface area contributed by atoms with Gasteiger partial charge >= 0.3 is 0 Å². The normalized spacial score (nSPS) is 15.8. The highest BCUT2D eigenvalue weighted by molar-refractivity contribution is 6.69. The minimum Gasteiger partial charge on any atom is -0.410 e. The number of nitrogens with two attached hydrogens (primary N) is 1. The summed E-state index contributed by atoms with van der Waals surface area (Å²) < 4.78 is 6.88. The summed E-state index contributed by atoms with van der Waals surface area (Å²) in [6, 6.07) is 24.3. The number of primary amides is 1. The fourth-order valence-corrected chi connectivity index (χ4v) is 5.94. The van der Waals surface area contributed by atoms with E-state index in [1.165, 1.54) is 11.1 Å². The molecule has 0 bridgehead atoms. The molecule has 3 aromatic rings. The molecule has 1 unspecified atom stereocenters. The molecule has 3 aromatic carbocycles. The molecule has 4 rings (SSSR count). The van der Waals surface area contributed by atoms with E-state index in [1.807, 2.05) is 36.4 Å². The van der Waals surface area contributed by atoms with E-state index < -0.39 is 14.2 Å². The molecule has 0 aromatic heterocycles. The van der Waals surface area contributed by atoms with Crippen LogP contribution in [-0.4, -0.2) is 27.3 Å². The summed E-state index contributed by atoms with van der Waals surface area (Å²) in [6.07, 6.45) is 2.14. The van der Waals surface area contributed by atoms with Crippen LogP contribution in [0.15, 0.2) is 72.8 Å². The van der Waals surface area contributed by atoms with Crippen molar-refractivity contribution >= 4 is 31.5 Å². The molecule has 34 heavy (non-hydrogen) atoms. The molecule has 178 valence electrons. The third kappa shape index (κ3) is 5.90. The highest BCUT2D eigenvalue weighted by Crippen LogP contribution is 2.41. The maximum Gasteiger partial charge on any atom is 0.248 e. The van der Waals surface area contributed by atoms with Crippen LogP contribution in [-0.2, 0) is 4.43 Å². The third-order valence-corrected chi connectivity index (χ3v) is 7.60. The lowest BCUT2D eigenvalue weighted by atomic mass is 9.84. The number of hydrogen-bond acceptors (Lipinski definition) is 3. The first-order chi connectivity index (χ1) is 16.2. The Hall–Kier alpha value is -2.60. The number of carbonyl (C=O) groups excluding carboxylic acids is 1. The molecule has 0 saturated carbocycles. The molecular formula is C28H33ClN2O2Si. The van der Waals surface area contributed by atoms with Crippen molar-refractivity contribution in [3.63, 3.8) is 0 Å². The summed E-state index contributed by atoms with van der Waals surface area (Å²) in [7, 11) is -1.80. The van der Waals surface area contributed by atoms with Gasteiger partial charge in [0.25, 0.3) is 0 Å². The molecule has 1 aliphatic heterocycles. The summed E-state index contributed by atoms with van der Waals surface area (Å²) in [5.74, 6) is 0.0391. The number of halogens is 1. The molecule has 1 aliphatic rings. The van der Waals surface area contributed by atoms with Crippen molar-refractivity contribution in [3.8, 4) is 11.1 Å². The van der Waals surface area contributed by atoms with Crippen molar-refractivity contribution in [1.29, 1.82) is 0 Å². The van der Waals surface area contributed by atoms with Gasteiger partial charge in [-0.05, 0) is 91.5 Å². The fraction of sp³-hybridized carbons (Fsp3) is 0.321. The van der Waals surface area contributed by atoms with Crippen LogP contribution in [0.2, 0.25) is 24.7 Å². The van der Waals surface area contributed by atoms with Gasteiger partial charge in [0.15, 0.2) is 8.32 Å². The van der Waals surface area contributed by atoms with Crippen molar-refractivity contribution in [2.45, 2.75) is 38.6 Å². The van der Waals surface area contributed by atoms with Crippen molar-refractivity contribution in [2.75, 3.05) is 18.0 Å². The van der Waals surface area contributed by atoms with E-state index in [9.17, 15) is 4.79 Å². The van der Waals surface area contributed by atoms with Gasteiger partial charge in [-0.1, -0.05) is 48.0 Å². The van der Waals surface area contributed by atoms with Crippen LogP contribution in [0, 0.1) is 5.92 Å². The average Bonchev–Trinajstić information content (AvgIpc) is 2.83. The zero-order chi connectivity index (χ0) is 24.3. The van der Waals surface area contributed by atoms with Crippen LogP contribution in [0.25, 0.3) is 11.1 Å². The fourth-order valence-electron chi connectivity index (χ4n) is 4.73. The lowest BCUT2D eigenvalue weighted by Gasteiger charge is -2.40. The van der Waals surface area contributed by atoms with Crippen LogP contribution >= 0.6 is 11.6 Å². The molecule has 4 nitrogen and oxygen atoms in total. The van der Waals surface area contributed by atoms with E-state index in [0.717, 1.165) is 42.2 Å². The Morgan fingerprint density at radius 2 is 1.59 bits per heavy atom. The molecule has 1 atom stereocenters. The number of hydrogen-bond donors (Lipinski definition) is 1. The standard InChI is InChI=1S/C28H33ClN2O2Si/c1-34(2,3)33-27(26-7-5-4-6-25(26)20-8-12-23(29)13-9-20)21-16-18-31(19-17-21)24-14-10-22(11-15-24)28(30)32/h4-15,21,27H,16-19H2,1-3H3,(H2,30,32). The molecule has 6 heteroatoms. The van der Waals surface area contributed by atoms with Gasteiger partial charge in [-0.3, -0.25) is 4.79 Å². The van der Waals surface area contributed by atoms with E-state index in [0.29, 0.717) is 11.5 Å². The topological polar surface area (TPSA) is 55.6 Å². The molecule has 2 N–H and O–H groups in total. The number of benzene rings is 3. The first-order valence-electron chi connectivity index (χ1n) is 11.9. The van der Waals surface area contributed by atoms with Gasteiger partial charge in [-0.2, -0.15) is 0 Å². The van der Waals surface area contributed by atoms with Gasteiger partial charge in [-0.15, -0.1) is 0 Å². The van der Waals surface area contributed by atoms with Gasteiger partial charge in [0.1, 0.15) is 0 Å².